The molecule has 0 aliphatic carbocycles. The van der Waals surface area contributed by atoms with E-state index in [1.807, 2.05) is 43.6 Å². The van der Waals surface area contributed by atoms with E-state index in [0.717, 1.165) is 27.9 Å². The molecule has 6 nitrogen and oxygen atoms in total. The van der Waals surface area contributed by atoms with Crippen molar-refractivity contribution >= 4 is 17.7 Å². The van der Waals surface area contributed by atoms with E-state index in [0.29, 0.717) is 6.61 Å². The molecule has 0 saturated heterocycles. The van der Waals surface area contributed by atoms with Gasteiger partial charge in [0.25, 0.3) is 0 Å². The number of carbonyl (C=O) groups is 1. The first kappa shape index (κ1) is 17.6. The van der Waals surface area contributed by atoms with Gasteiger partial charge in [-0.25, -0.2) is 0 Å². The fourth-order valence-corrected chi connectivity index (χ4v) is 2.56. The molecule has 0 saturated carbocycles. The third kappa shape index (κ3) is 4.43. The number of anilines is 1. The highest BCUT2D eigenvalue weighted by Crippen LogP contribution is 2.23. The summed E-state index contributed by atoms with van der Waals surface area (Å²) in [5, 5.41) is 7.03. The summed E-state index contributed by atoms with van der Waals surface area (Å²) in [7, 11) is 3.52. The number of amides is 1. The first-order valence-electron chi connectivity index (χ1n) is 8.15. The number of hydrogen-bond acceptors (Lipinski definition) is 4. The third-order valence-corrected chi connectivity index (χ3v) is 3.81. The minimum absolute atomic E-state index is 0.203. The van der Waals surface area contributed by atoms with Crippen molar-refractivity contribution < 1.29 is 9.53 Å². The smallest absolute Gasteiger partial charge is 0.248 e. The number of aromatic nitrogens is 3. The average molecular weight is 348 g/mol. The largest absolute Gasteiger partial charge is 0.380 e. The Morgan fingerprint density at radius 2 is 2.04 bits per heavy atom. The Balaban J connectivity index is 1.71. The van der Waals surface area contributed by atoms with Gasteiger partial charge in [0.1, 0.15) is 0 Å². The van der Waals surface area contributed by atoms with Gasteiger partial charge in [-0.3, -0.25) is 14.5 Å². The maximum atomic E-state index is 12.2. The molecular weight excluding hydrogens is 328 g/mol. The van der Waals surface area contributed by atoms with Crippen molar-refractivity contribution in [2.75, 3.05) is 12.4 Å². The van der Waals surface area contributed by atoms with Crippen LogP contribution < -0.4 is 5.32 Å². The molecule has 0 atom stereocenters. The van der Waals surface area contributed by atoms with Crippen LogP contribution in [0.2, 0.25) is 0 Å². The van der Waals surface area contributed by atoms with Gasteiger partial charge in [0.2, 0.25) is 5.91 Å². The topological polar surface area (TPSA) is 69.0 Å². The number of ether oxygens (including phenoxy) is 1. The number of methoxy groups -OCH3 is 1. The molecule has 3 aromatic rings. The highest BCUT2D eigenvalue weighted by atomic mass is 16.5. The second kappa shape index (κ2) is 8.22. The summed E-state index contributed by atoms with van der Waals surface area (Å²) in [6.07, 6.45) is 10.4. The molecule has 1 amide bonds. The van der Waals surface area contributed by atoms with Crippen LogP contribution in [0.5, 0.6) is 0 Å². The normalized spacial score (nSPS) is 11.0. The van der Waals surface area contributed by atoms with Gasteiger partial charge in [0, 0.05) is 55.6 Å². The molecule has 0 spiro atoms. The van der Waals surface area contributed by atoms with Crippen LogP contribution in [0, 0.1) is 0 Å². The minimum atomic E-state index is -0.203. The predicted molar refractivity (Wildman–Crippen MR) is 101 cm³/mol. The molecule has 0 fully saturated rings. The molecule has 1 aromatic carbocycles. The SMILES string of the molecule is COCc1ccc(NC(=O)C=Cc2cnccc2-c2cnn(C)c2)cc1. The van der Waals surface area contributed by atoms with E-state index in [2.05, 4.69) is 15.4 Å². The number of rotatable bonds is 6. The van der Waals surface area contributed by atoms with Crippen LogP contribution in [0.15, 0.2) is 61.2 Å². The Morgan fingerprint density at radius 1 is 1.23 bits per heavy atom. The van der Waals surface area contributed by atoms with Crippen molar-refractivity contribution in [2.24, 2.45) is 7.05 Å². The second-order valence-electron chi connectivity index (χ2n) is 5.82. The first-order chi connectivity index (χ1) is 12.7. The van der Waals surface area contributed by atoms with Crippen molar-refractivity contribution in [1.82, 2.24) is 14.8 Å². The molecule has 0 aliphatic heterocycles. The van der Waals surface area contributed by atoms with Gasteiger partial charge in [-0.05, 0) is 35.4 Å². The molecule has 0 radical (unpaired) electrons. The van der Waals surface area contributed by atoms with Crippen LogP contribution in [0.25, 0.3) is 17.2 Å². The Kier molecular flexibility index (Phi) is 5.56. The van der Waals surface area contributed by atoms with Crippen molar-refractivity contribution in [1.29, 1.82) is 0 Å². The molecule has 0 unspecified atom stereocenters. The number of benzene rings is 1. The lowest BCUT2D eigenvalue weighted by Crippen LogP contribution is -2.07. The van der Waals surface area contributed by atoms with Gasteiger partial charge in [0.05, 0.1) is 12.8 Å². The maximum Gasteiger partial charge on any atom is 0.248 e. The summed E-state index contributed by atoms with van der Waals surface area (Å²) in [4.78, 5) is 16.3. The Bertz CT molecular complexity index is 914. The van der Waals surface area contributed by atoms with E-state index in [9.17, 15) is 4.79 Å². The average Bonchev–Trinajstić information content (AvgIpc) is 3.08. The van der Waals surface area contributed by atoms with Gasteiger partial charge in [-0.2, -0.15) is 5.10 Å². The van der Waals surface area contributed by atoms with Gasteiger partial charge >= 0.3 is 0 Å². The van der Waals surface area contributed by atoms with Gasteiger partial charge < -0.3 is 10.1 Å². The molecule has 2 aromatic heterocycles. The third-order valence-electron chi connectivity index (χ3n) is 3.81. The van der Waals surface area contributed by atoms with Crippen molar-refractivity contribution in [3.8, 4) is 11.1 Å². The monoisotopic (exact) mass is 348 g/mol. The molecule has 2 heterocycles. The highest BCUT2D eigenvalue weighted by Gasteiger charge is 2.06. The zero-order valence-corrected chi connectivity index (χ0v) is 14.7. The first-order valence-corrected chi connectivity index (χ1v) is 8.15. The molecular formula is C20H20N4O2. The number of pyridine rings is 1. The molecule has 132 valence electrons. The molecule has 3 rings (SSSR count). The zero-order valence-electron chi connectivity index (χ0n) is 14.7. The Hall–Kier alpha value is -3.25. The summed E-state index contributed by atoms with van der Waals surface area (Å²) in [6.45, 7) is 0.548. The number of hydrogen-bond donors (Lipinski definition) is 1. The van der Waals surface area contributed by atoms with Crippen molar-refractivity contribution in [3.05, 3.63) is 72.3 Å². The summed E-state index contributed by atoms with van der Waals surface area (Å²) >= 11 is 0. The van der Waals surface area contributed by atoms with Crippen LogP contribution in [0.4, 0.5) is 5.69 Å². The Labute approximate surface area is 152 Å². The molecule has 26 heavy (non-hydrogen) atoms. The number of nitrogens with zero attached hydrogens (tertiary/aromatic N) is 3. The van der Waals surface area contributed by atoms with E-state index in [1.165, 1.54) is 6.08 Å². The minimum Gasteiger partial charge on any atom is -0.380 e. The maximum absolute atomic E-state index is 12.2. The van der Waals surface area contributed by atoms with E-state index in [4.69, 9.17) is 4.74 Å². The fourth-order valence-electron chi connectivity index (χ4n) is 2.56. The molecule has 1 N–H and O–H groups in total. The summed E-state index contributed by atoms with van der Waals surface area (Å²) in [6, 6.07) is 9.45. The van der Waals surface area contributed by atoms with Crippen LogP contribution in [0.3, 0.4) is 0 Å². The van der Waals surface area contributed by atoms with Gasteiger partial charge in [-0.15, -0.1) is 0 Å². The number of nitrogens with one attached hydrogen (secondary N) is 1. The lowest BCUT2D eigenvalue weighted by Gasteiger charge is -2.05. The van der Waals surface area contributed by atoms with E-state index >= 15 is 0 Å². The van der Waals surface area contributed by atoms with Gasteiger partial charge in [-0.1, -0.05) is 12.1 Å². The number of carbonyl (C=O) groups excluding carboxylic acids is 1. The lowest BCUT2D eigenvalue weighted by molar-refractivity contribution is -0.111. The molecule has 6 heteroatoms. The lowest BCUT2D eigenvalue weighted by atomic mass is 10.0. The second-order valence-corrected chi connectivity index (χ2v) is 5.82. The van der Waals surface area contributed by atoms with Crippen LogP contribution in [-0.2, 0) is 23.2 Å². The van der Waals surface area contributed by atoms with E-state index in [-0.39, 0.29) is 5.91 Å². The summed E-state index contributed by atoms with van der Waals surface area (Å²) < 4.78 is 6.81. The summed E-state index contributed by atoms with van der Waals surface area (Å²) in [5.41, 5.74) is 4.59. The highest BCUT2D eigenvalue weighted by molar-refractivity contribution is 6.02. The van der Waals surface area contributed by atoms with E-state index in [1.54, 1.807) is 36.5 Å². The predicted octanol–water partition coefficient (Wildman–Crippen LogP) is 3.28. The summed E-state index contributed by atoms with van der Waals surface area (Å²) in [5.74, 6) is -0.203. The van der Waals surface area contributed by atoms with E-state index < -0.39 is 0 Å². The van der Waals surface area contributed by atoms with Crippen LogP contribution in [0.1, 0.15) is 11.1 Å². The standard InChI is InChI=1S/C20H20N4O2/c1-24-13-17(12-22-24)19-9-10-21-11-16(19)5-8-20(25)23-18-6-3-15(4-7-18)14-26-2/h3-13H,14H2,1-2H3,(H,23,25). The quantitative estimate of drug-likeness (QED) is 0.694. The van der Waals surface area contributed by atoms with Crippen molar-refractivity contribution in [2.45, 2.75) is 6.61 Å². The number of aryl methyl sites for hydroxylation is 1. The van der Waals surface area contributed by atoms with Crippen LogP contribution >= 0.6 is 0 Å². The van der Waals surface area contributed by atoms with Gasteiger partial charge in [0.15, 0.2) is 0 Å². The molecule has 0 bridgehead atoms. The fraction of sp³-hybridized carbons (Fsp3) is 0.150. The Morgan fingerprint density at radius 3 is 2.73 bits per heavy atom. The molecule has 0 aliphatic rings. The zero-order chi connectivity index (χ0) is 18.4. The van der Waals surface area contributed by atoms with Crippen LogP contribution in [-0.4, -0.2) is 27.8 Å². The van der Waals surface area contributed by atoms with Crippen molar-refractivity contribution in [3.63, 3.8) is 0 Å².